The lowest BCUT2D eigenvalue weighted by Gasteiger charge is -2.54. The Bertz CT molecular complexity index is 1840. The summed E-state index contributed by atoms with van der Waals surface area (Å²) in [7, 11) is 0. The largest absolute Gasteiger partial charge is 0.341 e. The van der Waals surface area contributed by atoms with Crippen LogP contribution < -0.4 is 14.7 Å². The molecular weight excluding hydrogens is 574 g/mol. The standard InChI is InChI=1S/C42H39N5/c1-4-27-45-33-15-10-17-35-39(33)42(26-25-30-21-23-32(24-22-30)44-43-31-13-8-7-9-14-31)40-34(45)16-11-18-36(40)47(29-6-3)38-20-12-19-37(41(38)42)46(35)28-5-2/h7-24H,4-6,27-29H2,1-3H3. The second kappa shape index (κ2) is 11.8. The highest BCUT2D eigenvalue weighted by Crippen LogP contribution is 2.66. The van der Waals surface area contributed by atoms with Crippen LogP contribution in [0.2, 0.25) is 0 Å². The molecule has 47 heavy (non-hydrogen) atoms. The molecule has 0 amide bonds. The number of nitrogens with zero attached hydrogens (tertiary/aromatic N) is 5. The Labute approximate surface area is 278 Å². The van der Waals surface area contributed by atoms with E-state index in [1.807, 2.05) is 42.5 Å². The van der Waals surface area contributed by atoms with Crippen molar-refractivity contribution in [3.63, 3.8) is 0 Å². The van der Waals surface area contributed by atoms with Gasteiger partial charge in [-0.05, 0) is 92.1 Å². The van der Waals surface area contributed by atoms with Crippen molar-refractivity contribution in [1.82, 2.24) is 0 Å². The minimum Gasteiger partial charge on any atom is -0.341 e. The van der Waals surface area contributed by atoms with E-state index < -0.39 is 5.41 Å². The zero-order valence-electron chi connectivity index (χ0n) is 27.4. The van der Waals surface area contributed by atoms with Crippen LogP contribution in [0.25, 0.3) is 0 Å². The van der Waals surface area contributed by atoms with Gasteiger partial charge in [0.05, 0.1) is 11.4 Å². The lowest BCUT2D eigenvalue weighted by molar-refractivity contribution is 0.703. The SMILES string of the molecule is CCCN1c2cccc3c2C2(C#Cc4ccc(N=Nc5ccccc5)cc4)c4c1cccc4N(CCC)c1cccc(c12)N3CCC. The van der Waals surface area contributed by atoms with Gasteiger partial charge in [0, 0.05) is 76.0 Å². The van der Waals surface area contributed by atoms with E-state index in [0.717, 1.165) is 55.8 Å². The van der Waals surface area contributed by atoms with E-state index in [1.54, 1.807) is 0 Å². The van der Waals surface area contributed by atoms with E-state index in [1.165, 1.54) is 50.8 Å². The highest BCUT2D eigenvalue weighted by atomic mass is 15.2. The summed E-state index contributed by atoms with van der Waals surface area (Å²) in [6.45, 7) is 9.67. The molecule has 0 fully saturated rings. The van der Waals surface area contributed by atoms with Gasteiger partial charge in [-0.15, -0.1) is 0 Å². The lowest BCUT2D eigenvalue weighted by atomic mass is 9.61. The quantitative estimate of drug-likeness (QED) is 0.129. The third-order valence-corrected chi connectivity index (χ3v) is 9.57. The normalized spacial score (nSPS) is 14.6. The van der Waals surface area contributed by atoms with Crippen molar-refractivity contribution >= 4 is 45.5 Å². The smallest absolute Gasteiger partial charge is 0.119 e. The van der Waals surface area contributed by atoms with E-state index in [-0.39, 0.29) is 0 Å². The summed E-state index contributed by atoms with van der Waals surface area (Å²) in [4.78, 5) is 7.66. The molecule has 0 saturated heterocycles. The van der Waals surface area contributed by atoms with Gasteiger partial charge >= 0.3 is 0 Å². The van der Waals surface area contributed by atoms with Crippen molar-refractivity contribution in [2.45, 2.75) is 45.4 Å². The Hall–Kier alpha value is -5.34. The molecule has 5 aromatic rings. The molecule has 232 valence electrons. The van der Waals surface area contributed by atoms with Crippen LogP contribution in [-0.2, 0) is 5.41 Å². The number of anilines is 6. The van der Waals surface area contributed by atoms with Crippen molar-refractivity contribution in [3.05, 3.63) is 131 Å². The average molecular weight is 614 g/mol. The fourth-order valence-corrected chi connectivity index (χ4v) is 7.82. The second-order valence-corrected chi connectivity index (χ2v) is 12.6. The predicted octanol–water partition coefficient (Wildman–Crippen LogP) is 11.1. The third-order valence-electron chi connectivity index (χ3n) is 9.57. The summed E-state index contributed by atoms with van der Waals surface area (Å²) >= 11 is 0. The first-order chi connectivity index (χ1) is 23.2. The predicted molar refractivity (Wildman–Crippen MR) is 195 cm³/mol. The lowest BCUT2D eigenvalue weighted by Crippen LogP contribution is -2.47. The summed E-state index contributed by atoms with van der Waals surface area (Å²) in [5.74, 6) is 7.73. The van der Waals surface area contributed by atoms with E-state index in [0.29, 0.717) is 0 Å². The van der Waals surface area contributed by atoms with Crippen LogP contribution in [0.15, 0.2) is 119 Å². The second-order valence-electron chi connectivity index (χ2n) is 12.6. The molecule has 0 saturated carbocycles. The maximum atomic E-state index is 4.46. The topological polar surface area (TPSA) is 34.4 Å². The first-order valence-corrected chi connectivity index (χ1v) is 17.0. The summed E-state index contributed by atoms with van der Waals surface area (Å²) in [6, 6.07) is 38.6. The zero-order chi connectivity index (χ0) is 32.0. The first kappa shape index (κ1) is 29.1. The Balaban J connectivity index is 1.38. The summed E-state index contributed by atoms with van der Waals surface area (Å²) in [6.07, 6.45) is 3.16. The van der Waals surface area contributed by atoms with E-state index in [2.05, 4.69) is 124 Å². The minimum atomic E-state index is -0.617. The van der Waals surface area contributed by atoms with Gasteiger partial charge in [0.1, 0.15) is 5.41 Å². The Kier molecular flexibility index (Phi) is 7.29. The fourth-order valence-electron chi connectivity index (χ4n) is 7.82. The number of rotatable bonds is 8. The van der Waals surface area contributed by atoms with Crippen LogP contribution in [-0.4, -0.2) is 19.6 Å². The maximum absolute atomic E-state index is 4.46. The van der Waals surface area contributed by atoms with Gasteiger partial charge in [-0.25, -0.2) is 0 Å². The van der Waals surface area contributed by atoms with Gasteiger partial charge in [0.2, 0.25) is 0 Å². The van der Waals surface area contributed by atoms with Crippen molar-refractivity contribution in [1.29, 1.82) is 0 Å². The van der Waals surface area contributed by atoms with E-state index >= 15 is 0 Å². The fraction of sp³-hybridized carbons (Fsp3) is 0.238. The molecule has 3 aliphatic rings. The van der Waals surface area contributed by atoms with Crippen LogP contribution in [0.5, 0.6) is 0 Å². The van der Waals surface area contributed by atoms with E-state index in [4.69, 9.17) is 0 Å². The van der Waals surface area contributed by atoms with Crippen LogP contribution in [0.4, 0.5) is 45.5 Å². The van der Waals surface area contributed by atoms with Gasteiger partial charge in [0.25, 0.3) is 0 Å². The highest BCUT2D eigenvalue weighted by Gasteiger charge is 2.55. The first-order valence-electron chi connectivity index (χ1n) is 17.0. The van der Waals surface area contributed by atoms with Crippen LogP contribution in [0, 0.1) is 11.8 Å². The molecular formula is C42H39N5. The molecule has 5 heteroatoms. The molecule has 3 heterocycles. The highest BCUT2D eigenvalue weighted by molar-refractivity contribution is 6.02. The molecule has 0 atom stereocenters. The molecule has 0 radical (unpaired) electrons. The number of hydrogen-bond acceptors (Lipinski definition) is 5. The van der Waals surface area contributed by atoms with Crippen LogP contribution >= 0.6 is 0 Å². The number of azo groups is 1. The zero-order valence-corrected chi connectivity index (χ0v) is 27.4. The molecule has 0 bridgehead atoms. The molecule has 5 nitrogen and oxygen atoms in total. The maximum Gasteiger partial charge on any atom is 0.119 e. The summed E-state index contributed by atoms with van der Waals surface area (Å²) < 4.78 is 0. The molecule has 5 aromatic carbocycles. The van der Waals surface area contributed by atoms with Crippen molar-refractivity contribution in [3.8, 4) is 11.8 Å². The van der Waals surface area contributed by atoms with Gasteiger partial charge in [0.15, 0.2) is 0 Å². The van der Waals surface area contributed by atoms with Crippen molar-refractivity contribution < 1.29 is 0 Å². The average Bonchev–Trinajstić information content (AvgIpc) is 3.12. The Morgan fingerprint density at radius 1 is 0.468 bits per heavy atom. The molecule has 8 rings (SSSR count). The third kappa shape index (κ3) is 4.47. The van der Waals surface area contributed by atoms with Crippen LogP contribution in [0.3, 0.4) is 0 Å². The molecule has 3 aliphatic heterocycles. The van der Waals surface area contributed by atoms with Gasteiger partial charge in [-0.1, -0.05) is 69.0 Å². The van der Waals surface area contributed by atoms with Crippen LogP contribution in [0.1, 0.15) is 62.3 Å². The Morgan fingerprint density at radius 2 is 0.851 bits per heavy atom. The van der Waals surface area contributed by atoms with Gasteiger partial charge in [-0.2, -0.15) is 10.2 Å². The molecule has 0 N–H and O–H groups in total. The summed E-state index contributed by atoms with van der Waals surface area (Å²) in [5.41, 5.74) is 13.6. The number of hydrogen-bond donors (Lipinski definition) is 0. The van der Waals surface area contributed by atoms with Gasteiger partial charge < -0.3 is 14.7 Å². The molecule has 0 unspecified atom stereocenters. The molecule has 0 aromatic heterocycles. The molecule has 0 spiro atoms. The van der Waals surface area contributed by atoms with Crippen molar-refractivity contribution in [2.24, 2.45) is 10.2 Å². The summed E-state index contributed by atoms with van der Waals surface area (Å²) in [5, 5.41) is 8.86. The minimum absolute atomic E-state index is 0.617. The number of benzene rings is 5. The van der Waals surface area contributed by atoms with Gasteiger partial charge in [-0.3, -0.25) is 0 Å². The Morgan fingerprint density at radius 3 is 1.23 bits per heavy atom. The van der Waals surface area contributed by atoms with E-state index in [9.17, 15) is 0 Å². The van der Waals surface area contributed by atoms with Crippen molar-refractivity contribution in [2.75, 3.05) is 34.3 Å². The molecule has 0 aliphatic carbocycles. The monoisotopic (exact) mass is 613 g/mol.